The molecule has 7 atom stereocenters. The van der Waals surface area contributed by atoms with Crippen molar-refractivity contribution in [1.82, 2.24) is 29.8 Å². The van der Waals surface area contributed by atoms with Crippen LogP contribution in [0.2, 0.25) is 0 Å². The van der Waals surface area contributed by atoms with Crippen molar-refractivity contribution >= 4 is 17.7 Å². The molecule has 1 N–H and O–H groups in total. The van der Waals surface area contributed by atoms with Crippen LogP contribution in [0.3, 0.4) is 0 Å². The topological polar surface area (TPSA) is 97.9 Å². The largest absolute Gasteiger partial charge is 0.459 e. The molecule has 1 amide bonds. The monoisotopic (exact) mass is 632 g/mol. The maximum Gasteiger partial charge on any atom is 0.320 e. The summed E-state index contributed by atoms with van der Waals surface area (Å²) in [5, 5.41) is 3.52. The number of fused-ring (bicyclic) bond motifs is 2. The highest BCUT2D eigenvalue weighted by atomic mass is 19.1. The van der Waals surface area contributed by atoms with Gasteiger partial charge in [0.15, 0.2) is 5.78 Å². The quantitative estimate of drug-likeness (QED) is 0.239. The summed E-state index contributed by atoms with van der Waals surface area (Å²) in [6, 6.07) is -0.685. The second-order valence-corrected chi connectivity index (χ2v) is 15.0. The summed E-state index contributed by atoms with van der Waals surface area (Å²) in [5.41, 5.74) is -0.436. The number of morpholine rings is 1. The van der Waals surface area contributed by atoms with Crippen LogP contribution in [-0.2, 0) is 23.9 Å². The highest BCUT2D eigenvalue weighted by Gasteiger charge is 2.58. The smallest absolute Gasteiger partial charge is 0.320 e. The van der Waals surface area contributed by atoms with E-state index in [0.717, 1.165) is 64.8 Å². The lowest BCUT2D eigenvalue weighted by atomic mass is 9.69. The van der Waals surface area contributed by atoms with E-state index in [1.165, 1.54) is 0 Å². The molecule has 252 valence electrons. The number of nitrogens with one attached hydrogen (secondary N) is 1. The zero-order valence-corrected chi connectivity index (χ0v) is 27.6. The van der Waals surface area contributed by atoms with Crippen molar-refractivity contribution in [2.24, 2.45) is 5.92 Å². The molecule has 5 fully saturated rings. The number of likely N-dealkylation sites (N-methyl/N-ethyl adjacent to an activating group) is 1. The molecule has 0 bridgehead atoms. The van der Waals surface area contributed by atoms with Crippen molar-refractivity contribution < 1.29 is 28.2 Å². The average molecular weight is 633 g/mol. The number of rotatable bonds is 8. The molecule has 0 radical (unpaired) electrons. The summed E-state index contributed by atoms with van der Waals surface area (Å²) in [6.07, 6.45) is 5.05. The molecular formula is C33H53FN6O5. The van der Waals surface area contributed by atoms with Crippen LogP contribution in [-0.4, -0.2) is 157 Å². The van der Waals surface area contributed by atoms with Gasteiger partial charge < -0.3 is 34.4 Å². The molecule has 6 aliphatic rings. The summed E-state index contributed by atoms with van der Waals surface area (Å²) < 4.78 is 28.2. The van der Waals surface area contributed by atoms with Crippen LogP contribution in [0.1, 0.15) is 59.3 Å². The van der Waals surface area contributed by atoms with E-state index in [9.17, 15) is 14.4 Å². The van der Waals surface area contributed by atoms with Crippen LogP contribution >= 0.6 is 0 Å². The molecule has 0 aromatic heterocycles. The number of ketones is 1. The molecule has 45 heavy (non-hydrogen) atoms. The van der Waals surface area contributed by atoms with Gasteiger partial charge in [-0.2, -0.15) is 0 Å². The molecular weight excluding hydrogens is 579 g/mol. The lowest BCUT2D eigenvalue weighted by Gasteiger charge is -2.59. The molecule has 11 nitrogen and oxygen atoms in total. The molecule has 0 aromatic carbocycles. The van der Waals surface area contributed by atoms with Gasteiger partial charge in [0.2, 0.25) is 0 Å². The maximum absolute atomic E-state index is 16.1. The number of carbonyl (C=O) groups excluding carboxylic acids is 3. The molecule has 12 heteroatoms. The Morgan fingerprint density at radius 3 is 2.56 bits per heavy atom. The summed E-state index contributed by atoms with van der Waals surface area (Å²) in [4.78, 5) is 50.8. The molecule has 4 heterocycles. The minimum atomic E-state index is -1.24. The average Bonchev–Trinajstić information content (AvgIpc) is 3.45. The Balaban J connectivity index is 1.14. The van der Waals surface area contributed by atoms with E-state index in [1.54, 1.807) is 11.1 Å². The van der Waals surface area contributed by atoms with E-state index < -0.39 is 29.8 Å². The standard InChI is InChI=1S/C33H53FN6O5/c1-33(2,3)45-27(41)20-38-16-17-39(21-38)32(43)23-19-40-25-8-5-6-9-26(25)44-31-28(24(34)18-22(29(31)40)30(23)42)35-10-7-11-37-14-12-36(4)13-15-37/h19,22,24-26,28-29,31,35H,5-18,20-21H2,1-4H3. The molecule has 2 aliphatic carbocycles. The van der Waals surface area contributed by atoms with E-state index in [2.05, 4.69) is 27.1 Å². The number of hydrogen-bond acceptors (Lipinski definition) is 10. The minimum absolute atomic E-state index is 0.0440. The van der Waals surface area contributed by atoms with Crippen LogP contribution in [0, 0.1) is 5.92 Å². The Hall–Kier alpha value is -2.12. The number of amides is 1. The summed E-state index contributed by atoms with van der Waals surface area (Å²) >= 11 is 0. The van der Waals surface area contributed by atoms with E-state index in [-0.39, 0.29) is 61.1 Å². The van der Waals surface area contributed by atoms with Crippen molar-refractivity contribution in [2.75, 3.05) is 72.6 Å². The minimum Gasteiger partial charge on any atom is -0.459 e. The summed E-state index contributed by atoms with van der Waals surface area (Å²) in [7, 11) is 2.15. The van der Waals surface area contributed by atoms with Crippen LogP contribution in [0.5, 0.6) is 0 Å². The zero-order valence-electron chi connectivity index (χ0n) is 27.6. The highest BCUT2D eigenvalue weighted by Crippen LogP contribution is 2.45. The SMILES string of the molecule is CN1CCN(CCCNC2C(F)CC3C(=O)C(C(=O)N4CCN(CC(=O)OC(C)(C)C)C4)=CN4C5CCCCC5OC2C34)CC1. The number of carbonyl (C=O) groups is 3. The third kappa shape index (κ3) is 7.25. The van der Waals surface area contributed by atoms with Crippen LogP contribution < -0.4 is 5.32 Å². The Bertz CT molecular complexity index is 1140. The molecule has 3 saturated heterocycles. The van der Waals surface area contributed by atoms with E-state index in [1.807, 2.05) is 25.7 Å². The first-order chi connectivity index (χ1) is 21.5. The van der Waals surface area contributed by atoms with Gasteiger partial charge in [0, 0.05) is 51.4 Å². The van der Waals surface area contributed by atoms with Gasteiger partial charge in [-0.05, 0) is 66.6 Å². The normalized spacial score (nSPS) is 34.7. The number of hydrogen-bond donors (Lipinski definition) is 1. The molecule has 4 aliphatic heterocycles. The van der Waals surface area contributed by atoms with Gasteiger partial charge in [-0.25, -0.2) is 4.39 Å². The number of Topliss-reactive ketones (excluding diaryl/α,β-unsaturated/α-hetero) is 1. The third-order valence-corrected chi connectivity index (χ3v) is 10.6. The Labute approximate surface area is 267 Å². The molecule has 0 spiro atoms. The van der Waals surface area contributed by atoms with Crippen LogP contribution in [0.25, 0.3) is 0 Å². The second kappa shape index (κ2) is 13.5. The molecule has 7 unspecified atom stereocenters. The van der Waals surface area contributed by atoms with Crippen molar-refractivity contribution in [3.63, 3.8) is 0 Å². The highest BCUT2D eigenvalue weighted by molar-refractivity contribution is 6.20. The third-order valence-electron chi connectivity index (χ3n) is 10.6. The predicted octanol–water partition coefficient (Wildman–Crippen LogP) is 1.23. The van der Waals surface area contributed by atoms with Gasteiger partial charge in [-0.15, -0.1) is 0 Å². The van der Waals surface area contributed by atoms with Crippen molar-refractivity contribution in [2.45, 2.75) is 101 Å². The fourth-order valence-corrected chi connectivity index (χ4v) is 8.29. The van der Waals surface area contributed by atoms with Gasteiger partial charge in [-0.3, -0.25) is 19.3 Å². The zero-order chi connectivity index (χ0) is 31.9. The molecule has 0 aromatic rings. The summed E-state index contributed by atoms with van der Waals surface area (Å²) in [6.45, 7) is 12.7. The van der Waals surface area contributed by atoms with Crippen molar-refractivity contribution in [1.29, 1.82) is 0 Å². The summed E-state index contributed by atoms with van der Waals surface area (Å²) in [5.74, 6) is -1.57. The number of halogens is 1. The lowest BCUT2D eigenvalue weighted by molar-refractivity contribution is -0.197. The van der Waals surface area contributed by atoms with Gasteiger partial charge in [-0.1, -0.05) is 12.8 Å². The fourth-order valence-electron chi connectivity index (χ4n) is 8.29. The Morgan fingerprint density at radius 2 is 1.80 bits per heavy atom. The maximum atomic E-state index is 16.1. The first-order valence-corrected chi connectivity index (χ1v) is 17.2. The molecule has 2 saturated carbocycles. The van der Waals surface area contributed by atoms with E-state index in [4.69, 9.17) is 9.47 Å². The fraction of sp³-hybridized carbons (Fsp3) is 0.848. The van der Waals surface area contributed by atoms with Crippen molar-refractivity contribution in [3.8, 4) is 0 Å². The Kier molecular flexibility index (Phi) is 9.88. The van der Waals surface area contributed by atoms with Crippen LogP contribution in [0.15, 0.2) is 11.8 Å². The van der Waals surface area contributed by atoms with E-state index in [0.29, 0.717) is 19.6 Å². The van der Waals surface area contributed by atoms with Gasteiger partial charge >= 0.3 is 5.97 Å². The second-order valence-electron chi connectivity index (χ2n) is 15.0. The Morgan fingerprint density at radius 1 is 1.07 bits per heavy atom. The predicted molar refractivity (Wildman–Crippen MR) is 167 cm³/mol. The first kappa shape index (κ1) is 32.8. The van der Waals surface area contributed by atoms with Gasteiger partial charge in [0.1, 0.15) is 11.8 Å². The number of alkyl halides is 1. The van der Waals surface area contributed by atoms with Gasteiger partial charge in [0.05, 0.1) is 49.1 Å². The number of piperazine rings is 1. The number of ether oxygens (including phenoxy) is 2. The van der Waals surface area contributed by atoms with E-state index >= 15 is 4.39 Å². The number of nitrogens with zero attached hydrogens (tertiary/aromatic N) is 5. The van der Waals surface area contributed by atoms with Crippen LogP contribution in [0.4, 0.5) is 4.39 Å². The first-order valence-electron chi connectivity index (χ1n) is 17.2. The number of esters is 1. The van der Waals surface area contributed by atoms with Crippen molar-refractivity contribution in [3.05, 3.63) is 11.8 Å². The van der Waals surface area contributed by atoms with Gasteiger partial charge in [0.25, 0.3) is 5.91 Å². The lowest BCUT2D eigenvalue weighted by Crippen LogP contribution is -2.72. The molecule has 6 rings (SSSR count).